The maximum atomic E-state index is 15.1. The minimum absolute atomic E-state index is 0.0479. The first-order valence-electron chi connectivity index (χ1n) is 11.3. The first-order chi connectivity index (χ1) is 17.8. The number of hydroxylamine groups is 2. The number of alkyl halides is 3. The van der Waals surface area contributed by atoms with Gasteiger partial charge in [-0.1, -0.05) is 6.07 Å². The van der Waals surface area contributed by atoms with Crippen LogP contribution < -0.4 is 15.4 Å². The highest BCUT2D eigenvalue weighted by atomic mass is 19.4. The number of pyridine rings is 1. The van der Waals surface area contributed by atoms with Gasteiger partial charge in [0.15, 0.2) is 5.82 Å². The molecule has 1 unspecified atom stereocenters. The van der Waals surface area contributed by atoms with E-state index in [1.807, 2.05) is 0 Å². The molecule has 0 saturated carbocycles. The highest BCUT2D eigenvalue weighted by Crippen LogP contribution is 2.38. The summed E-state index contributed by atoms with van der Waals surface area (Å²) in [6.07, 6.45) is -6.10. The number of rotatable bonds is 5. The van der Waals surface area contributed by atoms with Crippen molar-refractivity contribution in [2.45, 2.75) is 33.1 Å². The number of amides is 1. The Labute approximate surface area is 214 Å². The van der Waals surface area contributed by atoms with E-state index in [0.29, 0.717) is 16.7 Å². The molecule has 0 aliphatic carbocycles. The first kappa shape index (κ1) is 26.9. The molecule has 0 fully saturated rings. The molecule has 0 saturated heterocycles. The van der Waals surface area contributed by atoms with Gasteiger partial charge in [0.05, 0.1) is 12.7 Å². The minimum Gasteiger partial charge on any atom is -0.756 e. The number of hydrogen-bond acceptors (Lipinski definition) is 6. The fraction of sp³-hybridized carbons (Fsp3) is 0.231. The van der Waals surface area contributed by atoms with Crippen molar-refractivity contribution < 1.29 is 31.5 Å². The summed E-state index contributed by atoms with van der Waals surface area (Å²) in [4.78, 5) is 17.2. The Balaban J connectivity index is 1.68. The maximum absolute atomic E-state index is 15.1. The molecule has 1 atom stereocenters. The number of nitrogens with one attached hydrogen (secondary N) is 2. The molecule has 4 rings (SSSR count). The summed E-state index contributed by atoms with van der Waals surface area (Å²) >= 11 is 0. The van der Waals surface area contributed by atoms with E-state index in [4.69, 9.17) is 4.74 Å². The Morgan fingerprint density at radius 3 is 2.37 bits per heavy atom. The van der Waals surface area contributed by atoms with E-state index in [1.54, 1.807) is 13.8 Å². The first-order valence-corrected chi connectivity index (χ1v) is 11.3. The molecule has 1 aliphatic heterocycles. The number of carbonyl (C=O) groups excluding carboxylic acids is 1. The predicted molar refractivity (Wildman–Crippen MR) is 129 cm³/mol. The fourth-order valence-electron chi connectivity index (χ4n) is 4.34. The van der Waals surface area contributed by atoms with Crippen LogP contribution in [0.15, 0.2) is 53.9 Å². The van der Waals surface area contributed by atoms with Crippen LogP contribution >= 0.6 is 0 Å². The van der Waals surface area contributed by atoms with Crippen LogP contribution in [0, 0.1) is 30.7 Å². The molecule has 1 aliphatic rings. The van der Waals surface area contributed by atoms with Gasteiger partial charge in [0, 0.05) is 23.0 Å². The van der Waals surface area contributed by atoms with E-state index < -0.39 is 41.1 Å². The molecular formula is C26H22F5N4O3-. The second-order valence-electron chi connectivity index (χ2n) is 8.70. The van der Waals surface area contributed by atoms with Gasteiger partial charge in [-0.25, -0.2) is 13.8 Å². The quantitative estimate of drug-likeness (QED) is 0.395. The normalized spacial score (nSPS) is 15.5. The number of halogens is 5. The zero-order valence-corrected chi connectivity index (χ0v) is 20.6. The van der Waals surface area contributed by atoms with Crippen LogP contribution in [0.4, 0.5) is 27.6 Å². The molecule has 12 heteroatoms. The number of carbonyl (C=O) groups is 1. The Hall–Kier alpha value is -4.19. The molecule has 2 aromatic carbocycles. The molecule has 0 spiro atoms. The number of benzene rings is 2. The standard InChI is InChI=1S/C26H22F5N4O3/c1-12-8-16(27)9-13(2)20(12)22-19(38-4)11-18(28)21(34-22)24-32-14(3)23(35(24)37)25(36)33-17-7-5-6-15(10-17)26(29,30)31/h5-11,24,32H,1-4H3,(H,33,36)/q-1. The molecule has 2 N–H and O–H groups in total. The lowest BCUT2D eigenvalue weighted by molar-refractivity contribution is -0.137. The van der Waals surface area contributed by atoms with Crippen molar-refractivity contribution in [3.8, 4) is 17.0 Å². The molecule has 1 aromatic heterocycles. The second-order valence-corrected chi connectivity index (χ2v) is 8.70. The van der Waals surface area contributed by atoms with Crippen LogP contribution in [0.2, 0.25) is 0 Å². The van der Waals surface area contributed by atoms with Crippen molar-refractivity contribution >= 4 is 11.6 Å². The summed E-state index contributed by atoms with van der Waals surface area (Å²) < 4.78 is 73.4. The predicted octanol–water partition coefficient (Wildman–Crippen LogP) is 5.94. The molecule has 200 valence electrons. The number of hydrogen-bond donors (Lipinski definition) is 2. The van der Waals surface area contributed by atoms with Gasteiger partial charge in [-0.2, -0.15) is 13.2 Å². The molecule has 2 heterocycles. The van der Waals surface area contributed by atoms with Crippen LogP contribution in [0.5, 0.6) is 5.75 Å². The van der Waals surface area contributed by atoms with E-state index >= 15 is 4.39 Å². The summed E-state index contributed by atoms with van der Waals surface area (Å²) in [5.41, 5.74) is -0.284. The van der Waals surface area contributed by atoms with Gasteiger partial charge < -0.3 is 25.6 Å². The Kier molecular flexibility index (Phi) is 7.02. The Bertz CT molecular complexity index is 1430. The smallest absolute Gasteiger partial charge is 0.416 e. The Morgan fingerprint density at radius 2 is 1.76 bits per heavy atom. The number of aromatic nitrogens is 1. The molecule has 7 nitrogen and oxygen atoms in total. The van der Waals surface area contributed by atoms with Gasteiger partial charge in [0.2, 0.25) is 0 Å². The van der Waals surface area contributed by atoms with Gasteiger partial charge in [-0.3, -0.25) is 4.79 Å². The SMILES string of the molecule is COc1cc(F)c(C2NC(C)=C(C(=O)Nc3cccc(C(F)(F)F)c3)N2[O-])nc1-c1c(C)cc(F)cc1C. The molecule has 1 amide bonds. The minimum atomic E-state index is -4.63. The monoisotopic (exact) mass is 533 g/mol. The number of nitrogens with zero attached hydrogens (tertiary/aromatic N) is 2. The zero-order chi connectivity index (χ0) is 27.9. The molecule has 3 aromatic rings. The highest BCUT2D eigenvalue weighted by molar-refractivity contribution is 6.04. The topological polar surface area (TPSA) is 89.5 Å². The van der Waals surface area contributed by atoms with Crippen molar-refractivity contribution in [1.82, 2.24) is 15.4 Å². The van der Waals surface area contributed by atoms with E-state index in [2.05, 4.69) is 15.6 Å². The largest absolute Gasteiger partial charge is 0.756 e. The maximum Gasteiger partial charge on any atom is 0.416 e. The van der Waals surface area contributed by atoms with Crippen molar-refractivity contribution in [3.63, 3.8) is 0 Å². The number of anilines is 1. The number of allylic oxidation sites excluding steroid dienone is 1. The third-order valence-electron chi connectivity index (χ3n) is 6.01. The van der Waals surface area contributed by atoms with Crippen LogP contribution in [0.25, 0.3) is 11.3 Å². The Morgan fingerprint density at radius 1 is 1.11 bits per heavy atom. The van der Waals surface area contributed by atoms with Gasteiger partial charge >= 0.3 is 6.18 Å². The van der Waals surface area contributed by atoms with Crippen molar-refractivity contribution in [2.24, 2.45) is 0 Å². The van der Waals surface area contributed by atoms with Crippen molar-refractivity contribution in [1.29, 1.82) is 0 Å². The summed E-state index contributed by atoms with van der Waals surface area (Å²) in [5, 5.41) is 18.4. The van der Waals surface area contributed by atoms with Gasteiger partial charge in [-0.15, -0.1) is 0 Å². The highest BCUT2D eigenvalue weighted by Gasteiger charge is 2.34. The van der Waals surface area contributed by atoms with Gasteiger partial charge in [0.25, 0.3) is 5.91 Å². The third kappa shape index (κ3) is 4.99. The lowest BCUT2D eigenvalue weighted by atomic mass is 9.98. The third-order valence-corrected chi connectivity index (χ3v) is 6.01. The van der Waals surface area contributed by atoms with Crippen LogP contribution in [-0.2, 0) is 11.0 Å². The lowest BCUT2D eigenvalue weighted by Crippen LogP contribution is -2.30. The van der Waals surface area contributed by atoms with E-state index in [0.717, 1.165) is 24.3 Å². The fourth-order valence-corrected chi connectivity index (χ4v) is 4.34. The van der Waals surface area contributed by atoms with E-state index in [1.165, 1.54) is 32.2 Å². The van der Waals surface area contributed by atoms with Crippen molar-refractivity contribution in [3.05, 3.63) is 93.1 Å². The summed E-state index contributed by atoms with van der Waals surface area (Å²) in [5.74, 6) is -2.32. The average Bonchev–Trinajstić information content (AvgIpc) is 3.12. The summed E-state index contributed by atoms with van der Waals surface area (Å²) in [6.45, 7) is 4.68. The lowest BCUT2D eigenvalue weighted by Gasteiger charge is -2.34. The van der Waals surface area contributed by atoms with Gasteiger partial charge in [0.1, 0.15) is 34.8 Å². The van der Waals surface area contributed by atoms with Crippen LogP contribution in [0.1, 0.15) is 35.5 Å². The zero-order valence-electron chi connectivity index (χ0n) is 20.6. The molecule has 0 radical (unpaired) electrons. The summed E-state index contributed by atoms with van der Waals surface area (Å²) in [6, 6.07) is 7.51. The van der Waals surface area contributed by atoms with Gasteiger partial charge in [-0.05, 0) is 62.2 Å². The second kappa shape index (κ2) is 9.93. The summed E-state index contributed by atoms with van der Waals surface area (Å²) in [7, 11) is 1.31. The molecule has 0 bridgehead atoms. The molecule has 38 heavy (non-hydrogen) atoms. The number of ether oxygens (including phenoxy) is 1. The van der Waals surface area contributed by atoms with Crippen LogP contribution in [-0.4, -0.2) is 23.1 Å². The van der Waals surface area contributed by atoms with Crippen LogP contribution in [0.3, 0.4) is 0 Å². The van der Waals surface area contributed by atoms with Crippen molar-refractivity contribution in [2.75, 3.05) is 12.4 Å². The van der Waals surface area contributed by atoms with E-state index in [9.17, 15) is 27.6 Å². The molecular weight excluding hydrogens is 511 g/mol. The average molecular weight is 533 g/mol. The number of aryl methyl sites for hydroxylation is 2. The number of methoxy groups -OCH3 is 1. The van der Waals surface area contributed by atoms with E-state index in [-0.39, 0.29) is 33.6 Å².